The Balaban J connectivity index is 2.04. The lowest BCUT2D eigenvalue weighted by molar-refractivity contribution is -0.118. The Morgan fingerprint density at radius 2 is 2.35 bits per heavy atom. The molecule has 0 unspecified atom stereocenters. The zero-order valence-corrected chi connectivity index (χ0v) is 10.1. The molecule has 0 aromatic heterocycles. The first-order valence-corrected chi connectivity index (χ1v) is 5.92. The number of hydrogen-bond acceptors (Lipinski definition) is 2. The third kappa shape index (κ3) is 2.88. The fourth-order valence-electron chi connectivity index (χ4n) is 2.20. The second-order valence-electron chi connectivity index (χ2n) is 4.37. The van der Waals surface area contributed by atoms with Crippen LogP contribution in [0.2, 0.25) is 5.02 Å². The molecule has 1 aromatic carbocycles. The zero-order chi connectivity index (χ0) is 12.4. The molecule has 17 heavy (non-hydrogen) atoms. The van der Waals surface area contributed by atoms with Crippen molar-refractivity contribution in [2.24, 2.45) is 11.7 Å². The molecule has 92 valence electrons. The molecule has 1 aliphatic rings. The van der Waals surface area contributed by atoms with Crippen molar-refractivity contribution in [1.29, 1.82) is 0 Å². The molecule has 2 rings (SSSR count). The van der Waals surface area contributed by atoms with Gasteiger partial charge in [0, 0.05) is 25.2 Å². The number of carbonyl (C=O) groups is 1. The van der Waals surface area contributed by atoms with Gasteiger partial charge >= 0.3 is 0 Å². The Kier molecular flexibility index (Phi) is 3.52. The monoisotopic (exact) mass is 256 g/mol. The fraction of sp³-hybridized carbons (Fsp3) is 0.417. The van der Waals surface area contributed by atoms with E-state index in [1.165, 1.54) is 6.07 Å². The van der Waals surface area contributed by atoms with E-state index in [-0.39, 0.29) is 16.8 Å². The fourth-order valence-corrected chi connectivity index (χ4v) is 2.32. The number of carbonyl (C=O) groups excluding carboxylic acids is 1. The molecule has 3 nitrogen and oxygen atoms in total. The topological polar surface area (TPSA) is 46.3 Å². The van der Waals surface area contributed by atoms with Crippen LogP contribution in [0, 0.1) is 11.7 Å². The van der Waals surface area contributed by atoms with E-state index in [4.69, 9.17) is 17.3 Å². The Hall–Kier alpha value is -1.29. The third-order valence-corrected chi connectivity index (χ3v) is 3.35. The number of amides is 1. The van der Waals surface area contributed by atoms with Crippen molar-refractivity contribution in [3.8, 4) is 0 Å². The molecular formula is C12H14ClFN2O. The molecule has 1 aromatic rings. The van der Waals surface area contributed by atoms with Gasteiger partial charge in [0.05, 0.1) is 5.02 Å². The summed E-state index contributed by atoms with van der Waals surface area (Å²) in [5, 5.41) is 0.127. The van der Waals surface area contributed by atoms with Crippen molar-refractivity contribution in [3.63, 3.8) is 0 Å². The quantitative estimate of drug-likeness (QED) is 0.901. The number of halogens is 2. The number of rotatable bonds is 3. The van der Waals surface area contributed by atoms with Crippen LogP contribution in [0.3, 0.4) is 0 Å². The number of hydrogen-bond donors (Lipinski definition) is 1. The minimum absolute atomic E-state index is 0.127. The number of anilines is 1. The van der Waals surface area contributed by atoms with Crippen molar-refractivity contribution >= 4 is 23.2 Å². The molecule has 1 fully saturated rings. The molecule has 0 radical (unpaired) electrons. The summed E-state index contributed by atoms with van der Waals surface area (Å²) in [5.74, 6) is -0.423. The highest BCUT2D eigenvalue weighted by Crippen LogP contribution is 2.28. The van der Waals surface area contributed by atoms with Gasteiger partial charge < -0.3 is 10.6 Å². The SMILES string of the molecule is NC(=O)C[C@H]1CCN(c2ccc(Cl)c(F)c2)C1. The molecular weight excluding hydrogens is 243 g/mol. The van der Waals surface area contributed by atoms with Crippen LogP contribution in [0.1, 0.15) is 12.8 Å². The van der Waals surface area contributed by atoms with Gasteiger partial charge in [0.2, 0.25) is 5.91 Å². The molecule has 1 heterocycles. The van der Waals surface area contributed by atoms with Gasteiger partial charge in [-0.1, -0.05) is 11.6 Å². The minimum Gasteiger partial charge on any atom is -0.371 e. The summed E-state index contributed by atoms with van der Waals surface area (Å²) < 4.78 is 13.3. The predicted octanol–water partition coefficient (Wildman–Crippen LogP) is 2.18. The van der Waals surface area contributed by atoms with Crippen molar-refractivity contribution in [2.75, 3.05) is 18.0 Å². The standard InChI is InChI=1S/C12H14ClFN2O/c13-10-2-1-9(6-11(10)14)16-4-3-8(7-16)5-12(15)17/h1-2,6,8H,3-5,7H2,(H2,15,17)/t8-/m1/s1. The summed E-state index contributed by atoms with van der Waals surface area (Å²) in [4.78, 5) is 12.9. The number of benzene rings is 1. The van der Waals surface area contributed by atoms with Crippen LogP contribution in [-0.2, 0) is 4.79 Å². The highest BCUT2D eigenvalue weighted by atomic mass is 35.5. The normalized spacial score (nSPS) is 19.6. The molecule has 0 bridgehead atoms. The molecule has 0 saturated carbocycles. The maximum absolute atomic E-state index is 13.3. The van der Waals surface area contributed by atoms with Gasteiger partial charge in [-0.2, -0.15) is 0 Å². The maximum atomic E-state index is 13.3. The first-order valence-electron chi connectivity index (χ1n) is 5.54. The number of nitrogens with zero attached hydrogens (tertiary/aromatic N) is 1. The van der Waals surface area contributed by atoms with Crippen LogP contribution in [0.5, 0.6) is 0 Å². The Bertz CT molecular complexity index is 439. The van der Waals surface area contributed by atoms with E-state index in [1.807, 2.05) is 4.90 Å². The second-order valence-corrected chi connectivity index (χ2v) is 4.78. The van der Waals surface area contributed by atoms with Crippen molar-refractivity contribution < 1.29 is 9.18 Å². The maximum Gasteiger partial charge on any atom is 0.217 e. The summed E-state index contributed by atoms with van der Waals surface area (Å²) in [6.45, 7) is 1.56. The Morgan fingerprint density at radius 1 is 1.59 bits per heavy atom. The minimum atomic E-state index is -0.414. The predicted molar refractivity (Wildman–Crippen MR) is 65.5 cm³/mol. The molecule has 0 spiro atoms. The van der Waals surface area contributed by atoms with E-state index in [0.29, 0.717) is 6.42 Å². The lowest BCUT2D eigenvalue weighted by Crippen LogP contribution is -2.22. The first kappa shape index (κ1) is 12.2. The van der Waals surface area contributed by atoms with Crippen LogP contribution in [-0.4, -0.2) is 19.0 Å². The molecule has 1 atom stereocenters. The lowest BCUT2D eigenvalue weighted by Gasteiger charge is -2.18. The third-order valence-electron chi connectivity index (χ3n) is 3.04. The number of nitrogens with two attached hydrogens (primary N) is 1. The van der Waals surface area contributed by atoms with E-state index in [0.717, 1.165) is 25.2 Å². The molecule has 1 saturated heterocycles. The van der Waals surface area contributed by atoms with Gasteiger partial charge in [0.25, 0.3) is 0 Å². The highest BCUT2D eigenvalue weighted by molar-refractivity contribution is 6.30. The Labute approximate surface area is 104 Å². The van der Waals surface area contributed by atoms with Crippen LogP contribution in [0.4, 0.5) is 10.1 Å². The van der Waals surface area contributed by atoms with E-state index < -0.39 is 5.82 Å². The second kappa shape index (κ2) is 4.92. The average molecular weight is 257 g/mol. The van der Waals surface area contributed by atoms with Crippen LogP contribution >= 0.6 is 11.6 Å². The van der Waals surface area contributed by atoms with E-state index >= 15 is 0 Å². The van der Waals surface area contributed by atoms with Crippen LogP contribution < -0.4 is 10.6 Å². The average Bonchev–Trinajstić information content (AvgIpc) is 2.69. The summed E-state index contributed by atoms with van der Waals surface area (Å²) in [6.07, 6.45) is 1.31. The summed E-state index contributed by atoms with van der Waals surface area (Å²) in [7, 11) is 0. The lowest BCUT2D eigenvalue weighted by atomic mass is 10.1. The van der Waals surface area contributed by atoms with Gasteiger partial charge in [-0.05, 0) is 30.5 Å². The Morgan fingerprint density at radius 3 is 3.00 bits per heavy atom. The smallest absolute Gasteiger partial charge is 0.217 e. The van der Waals surface area contributed by atoms with Crippen LogP contribution in [0.15, 0.2) is 18.2 Å². The first-order chi connectivity index (χ1) is 8.06. The molecule has 5 heteroatoms. The molecule has 1 amide bonds. The van der Waals surface area contributed by atoms with Crippen molar-refractivity contribution in [3.05, 3.63) is 29.0 Å². The summed E-state index contributed by atoms with van der Waals surface area (Å²) >= 11 is 5.63. The van der Waals surface area contributed by atoms with Crippen molar-refractivity contribution in [2.45, 2.75) is 12.8 Å². The van der Waals surface area contributed by atoms with Gasteiger partial charge in [-0.15, -0.1) is 0 Å². The van der Waals surface area contributed by atoms with E-state index in [1.54, 1.807) is 12.1 Å². The van der Waals surface area contributed by atoms with E-state index in [2.05, 4.69) is 0 Å². The van der Waals surface area contributed by atoms with Crippen molar-refractivity contribution in [1.82, 2.24) is 0 Å². The zero-order valence-electron chi connectivity index (χ0n) is 9.33. The van der Waals surface area contributed by atoms with Gasteiger partial charge in [0.15, 0.2) is 0 Å². The number of primary amides is 1. The highest BCUT2D eigenvalue weighted by Gasteiger charge is 2.24. The van der Waals surface area contributed by atoms with Crippen LogP contribution in [0.25, 0.3) is 0 Å². The van der Waals surface area contributed by atoms with Gasteiger partial charge in [-0.25, -0.2) is 4.39 Å². The molecule has 0 aliphatic carbocycles. The van der Waals surface area contributed by atoms with E-state index in [9.17, 15) is 9.18 Å². The summed E-state index contributed by atoms with van der Waals surface area (Å²) in [5.41, 5.74) is 5.97. The van der Waals surface area contributed by atoms with Gasteiger partial charge in [0.1, 0.15) is 5.82 Å². The van der Waals surface area contributed by atoms with Gasteiger partial charge in [-0.3, -0.25) is 4.79 Å². The molecule has 2 N–H and O–H groups in total. The molecule has 1 aliphatic heterocycles. The largest absolute Gasteiger partial charge is 0.371 e. The summed E-state index contributed by atoms with van der Waals surface area (Å²) in [6, 6.07) is 4.76.